The van der Waals surface area contributed by atoms with Gasteiger partial charge in [-0.05, 0) is 48.7 Å². The van der Waals surface area contributed by atoms with Gasteiger partial charge in [-0.25, -0.2) is 0 Å². The van der Waals surface area contributed by atoms with E-state index in [1.165, 1.54) is 17.0 Å². The smallest absolute Gasteiger partial charge is 0.250 e. The first-order valence-electron chi connectivity index (χ1n) is 11.0. The molecule has 3 aliphatic heterocycles. The number of hydrogen-bond acceptors (Lipinski definition) is 7. The highest BCUT2D eigenvalue weighted by Gasteiger charge is 2.70. The van der Waals surface area contributed by atoms with Gasteiger partial charge in [0.1, 0.15) is 5.54 Å². The maximum Gasteiger partial charge on any atom is 0.250 e. The number of fused-ring (bicyclic) bond motifs is 4. The molecule has 10 heteroatoms. The molecular formula is C24H24ClN3O6. The Hall–Kier alpha value is -3.14. The second-order valence-electron chi connectivity index (χ2n) is 8.91. The van der Waals surface area contributed by atoms with Crippen molar-refractivity contribution in [2.75, 3.05) is 25.6 Å². The van der Waals surface area contributed by atoms with Gasteiger partial charge >= 0.3 is 0 Å². The van der Waals surface area contributed by atoms with Crippen molar-refractivity contribution in [1.29, 1.82) is 0 Å². The second-order valence-corrected chi connectivity index (χ2v) is 9.34. The summed E-state index contributed by atoms with van der Waals surface area (Å²) in [6, 6.07) is 8.82. The first-order chi connectivity index (χ1) is 16.3. The van der Waals surface area contributed by atoms with Crippen LogP contribution >= 0.6 is 11.6 Å². The summed E-state index contributed by atoms with van der Waals surface area (Å²) >= 11 is 6.26. The number of carbonyl (C=O) groups is 3. The average molecular weight is 486 g/mol. The zero-order valence-corrected chi connectivity index (χ0v) is 19.1. The molecular weight excluding hydrogens is 462 g/mol. The number of imide groups is 1. The Labute approximate surface area is 200 Å². The van der Waals surface area contributed by atoms with Crippen molar-refractivity contribution >= 4 is 35.0 Å². The molecule has 4 atom stereocenters. The maximum absolute atomic E-state index is 13.6. The Morgan fingerprint density at radius 2 is 1.88 bits per heavy atom. The molecule has 1 spiro atoms. The number of anilines is 1. The fraction of sp³-hybridized carbons (Fsp3) is 0.375. The van der Waals surface area contributed by atoms with E-state index in [1.807, 2.05) is 0 Å². The van der Waals surface area contributed by atoms with Gasteiger partial charge in [-0.3, -0.25) is 24.6 Å². The van der Waals surface area contributed by atoms with Crippen molar-refractivity contribution in [2.45, 2.75) is 24.4 Å². The molecule has 3 aliphatic rings. The number of phenolic OH excluding ortho intramolecular Hbond substituents is 2. The van der Waals surface area contributed by atoms with Crippen LogP contribution in [-0.4, -0.2) is 59.1 Å². The molecule has 2 unspecified atom stereocenters. The molecule has 34 heavy (non-hydrogen) atoms. The van der Waals surface area contributed by atoms with E-state index < -0.39 is 35.2 Å². The lowest BCUT2D eigenvalue weighted by Gasteiger charge is -2.29. The highest BCUT2D eigenvalue weighted by Crippen LogP contribution is 2.53. The van der Waals surface area contributed by atoms with Gasteiger partial charge in [0.25, 0.3) is 0 Å². The Morgan fingerprint density at radius 1 is 1.09 bits per heavy atom. The number of methoxy groups -OCH3 is 1. The van der Waals surface area contributed by atoms with E-state index in [1.54, 1.807) is 31.4 Å². The third kappa shape index (κ3) is 3.26. The molecule has 0 aromatic heterocycles. The summed E-state index contributed by atoms with van der Waals surface area (Å²) in [5.74, 6) is -3.43. The van der Waals surface area contributed by atoms with Gasteiger partial charge in [0, 0.05) is 42.6 Å². The molecule has 4 N–H and O–H groups in total. The van der Waals surface area contributed by atoms with E-state index in [9.17, 15) is 24.6 Å². The Bertz CT molecular complexity index is 1200. The monoisotopic (exact) mass is 485 g/mol. The van der Waals surface area contributed by atoms with Gasteiger partial charge in [0.05, 0.1) is 11.8 Å². The molecule has 3 heterocycles. The van der Waals surface area contributed by atoms with Crippen LogP contribution < -0.4 is 10.6 Å². The normalized spacial score (nSPS) is 27.4. The van der Waals surface area contributed by atoms with Gasteiger partial charge < -0.3 is 20.3 Å². The van der Waals surface area contributed by atoms with Gasteiger partial charge in [0.15, 0.2) is 11.5 Å². The molecule has 9 nitrogen and oxygen atoms in total. The van der Waals surface area contributed by atoms with Crippen LogP contribution in [0.1, 0.15) is 17.5 Å². The molecule has 0 bridgehead atoms. The van der Waals surface area contributed by atoms with Crippen LogP contribution in [0.4, 0.5) is 5.69 Å². The molecule has 0 radical (unpaired) electrons. The predicted octanol–water partition coefficient (Wildman–Crippen LogP) is 1.75. The Morgan fingerprint density at radius 3 is 2.62 bits per heavy atom. The summed E-state index contributed by atoms with van der Waals surface area (Å²) < 4.78 is 5.07. The summed E-state index contributed by atoms with van der Waals surface area (Å²) in [5, 5.41) is 26.2. The number of hydrogen-bond donors (Lipinski definition) is 4. The molecule has 3 amide bonds. The zero-order chi connectivity index (χ0) is 24.2. The minimum absolute atomic E-state index is 0.200. The third-order valence-corrected chi connectivity index (χ3v) is 7.23. The van der Waals surface area contributed by atoms with Crippen molar-refractivity contribution in [1.82, 2.24) is 10.2 Å². The molecule has 0 aliphatic carbocycles. The topological polar surface area (TPSA) is 128 Å². The number of halogens is 1. The number of carbonyl (C=O) groups excluding carboxylic acids is 3. The number of aromatic hydroxyl groups is 2. The van der Waals surface area contributed by atoms with Crippen LogP contribution in [-0.2, 0) is 31.1 Å². The summed E-state index contributed by atoms with van der Waals surface area (Å²) in [5.41, 5.74) is 0.279. The van der Waals surface area contributed by atoms with Gasteiger partial charge in [0.2, 0.25) is 17.7 Å². The molecule has 178 valence electrons. The van der Waals surface area contributed by atoms with E-state index in [2.05, 4.69) is 10.6 Å². The molecule has 2 aromatic carbocycles. The van der Waals surface area contributed by atoms with Crippen LogP contribution in [0.15, 0.2) is 36.4 Å². The van der Waals surface area contributed by atoms with E-state index in [0.717, 1.165) is 0 Å². The largest absolute Gasteiger partial charge is 0.504 e. The Balaban J connectivity index is 1.58. The summed E-state index contributed by atoms with van der Waals surface area (Å²) in [6.45, 7) is 0.594. The number of ether oxygens (including phenoxy) is 1. The summed E-state index contributed by atoms with van der Waals surface area (Å²) in [4.78, 5) is 41.8. The van der Waals surface area contributed by atoms with Crippen LogP contribution in [0, 0.1) is 11.8 Å². The fourth-order valence-electron chi connectivity index (χ4n) is 5.55. The lowest BCUT2D eigenvalue weighted by Crippen LogP contribution is -2.53. The van der Waals surface area contributed by atoms with E-state index in [4.69, 9.17) is 16.3 Å². The fourth-order valence-corrected chi connectivity index (χ4v) is 5.72. The first kappa shape index (κ1) is 22.6. The number of phenols is 2. The summed E-state index contributed by atoms with van der Waals surface area (Å²) in [6.07, 6.45) is 0.740. The maximum atomic E-state index is 13.6. The molecule has 5 rings (SSSR count). The second kappa shape index (κ2) is 8.26. The first-order valence-corrected chi connectivity index (χ1v) is 11.4. The van der Waals surface area contributed by atoms with Crippen LogP contribution in [0.25, 0.3) is 0 Å². The number of amides is 3. The molecule has 2 aromatic rings. The predicted molar refractivity (Wildman–Crippen MR) is 122 cm³/mol. The van der Waals surface area contributed by atoms with Crippen molar-refractivity contribution in [3.05, 3.63) is 52.5 Å². The average Bonchev–Trinajstić information content (AvgIpc) is 3.37. The van der Waals surface area contributed by atoms with E-state index in [0.29, 0.717) is 34.9 Å². The van der Waals surface area contributed by atoms with Crippen LogP contribution in [0.3, 0.4) is 0 Å². The minimum atomic E-state index is -1.45. The molecule has 2 saturated heterocycles. The molecule has 2 fully saturated rings. The van der Waals surface area contributed by atoms with Crippen molar-refractivity contribution in [3.8, 4) is 11.5 Å². The zero-order valence-electron chi connectivity index (χ0n) is 18.4. The highest BCUT2D eigenvalue weighted by atomic mass is 35.5. The Kier molecular flexibility index (Phi) is 5.50. The third-order valence-electron chi connectivity index (χ3n) is 6.99. The van der Waals surface area contributed by atoms with E-state index >= 15 is 0 Å². The van der Waals surface area contributed by atoms with Crippen LogP contribution in [0.2, 0.25) is 5.02 Å². The van der Waals surface area contributed by atoms with Gasteiger partial charge in [-0.2, -0.15) is 0 Å². The van der Waals surface area contributed by atoms with Crippen LogP contribution in [0.5, 0.6) is 11.5 Å². The molecule has 0 saturated carbocycles. The number of rotatable bonds is 6. The highest BCUT2D eigenvalue weighted by molar-refractivity contribution is 6.31. The SMILES string of the molecule is COCCCN1C(=O)[C@@H]2C(Cc3ccc(O)c(O)c3)NC3(C(=O)Nc4ccc(Cl)cc43)[C@@H]2C1=O. The quantitative estimate of drug-likeness (QED) is 0.279. The number of benzene rings is 2. The summed E-state index contributed by atoms with van der Waals surface area (Å²) in [7, 11) is 1.55. The minimum Gasteiger partial charge on any atom is -0.504 e. The lowest BCUT2D eigenvalue weighted by molar-refractivity contribution is -0.143. The van der Waals surface area contributed by atoms with Gasteiger partial charge in [-0.1, -0.05) is 17.7 Å². The van der Waals surface area contributed by atoms with Crippen molar-refractivity contribution in [3.63, 3.8) is 0 Å². The van der Waals surface area contributed by atoms with E-state index in [-0.39, 0.29) is 30.4 Å². The van der Waals surface area contributed by atoms with Gasteiger partial charge in [-0.15, -0.1) is 0 Å². The number of likely N-dealkylation sites (tertiary alicyclic amines) is 1. The number of nitrogens with one attached hydrogen (secondary N) is 2. The van der Waals surface area contributed by atoms with Crippen molar-refractivity contribution in [2.24, 2.45) is 11.8 Å². The van der Waals surface area contributed by atoms with Crippen molar-refractivity contribution < 1.29 is 29.3 Å². The lowest BCUT2D eigenvalue weighted by atomic mass is 9.76. The number of nitrogens with zero attached hydrogens (tertiary/aromatic N) is 1. The standard InChI is InChI=1S/C24H24ClN3O6/c1-34-8-2-7-28-21(31)19-16(9-12-3-6-17(29)18(30)10-12)27-24(20(19)22(28)32)14-11-13(25)4-5-15(14)26-23(24)33/h3-6,10-11,16,19-20,27,29-30H,2,7-9H2,1H3,(H,26,33)/t16?,19-,20+,24?/m1/s1.